The van der Waals surface area contributed by atoms with Gasteiger partial charge in [0, 0.05) is 18.7 Å². The number of imidazole rings is 1. The summed E-state index contributed by atoms with van der Waals surface area (Å²) in [5.41, 5.74) is 11.8. The van der Waals surface area contributed by atoms with Crippen molar-refractivity contribution in [3.8, 4) is 0 Å². The van der Waals surface area contributed by atoms with Crippen molar-refractivity contribution in [2.45, 2.75) is 33.2 Å². The lowest BCUT2D eigenvalue weighted by atomic mass is 10.1. The van der Waals surface area contributed by atoms with Gasteiger partial charge in [-0.15, -0.1) is 0 Å². The van der Waals surface area contributed by atoms with Gasteiger partial charge in [0.2, 0.25) is 0 Å². The molecular formula is C19H21N3O2. The molecule has 0 aliphatic heterocycles. The van der Waals surface area contributed by atoms with E-state index in [9.17, 15) is 4.79 Å². The summed E-state index contributed by atoms with van der Waals surface area (Å²) < 4.78 is 2.02. The fourth-order valence-corrected chi connectivity index (χ4v) is 2.84. The molecule has 1 aromatic heterocycles. The third-order valence-corrected chi connectivity index (χ3v) is 4.33. The number of nitrogen functional groups attached to an aromatic ring is 1. The number of carboxylic acids is 1. The van der Waals surface area contributed by atoms with Crippen molar-refractivity contribution in [2.75, 3.05) is 5.73 Å². The van der Waals surface area contributed by atoms with Gasteiger partial charge in [-0.05, 0) is 54.8 Å². The van der Waals surface area contributed by atoms with Crippen molar-refractivity contribution < 1.29 is 9.90 Å². The summed E-state index contributed by atoms with van der Waals surface area (Å²) in [5.74, 6) is 0.0696. The Hall–Kier alpha value is -2.82. The van der Waals surface area contributed by atoms with Crippen LogP contribution in [-0.2, 0) is 17.8 Å². The number of aryl methyl sites for hydroxylation is 3. The molecule has 0 bridgehead atoms. The van der Waals surface area contributed by atoms with E-state index in [4.69, 9.17) is 15.8 Å². The van der Waals surface area contributed by atoms with Crippen LogP contribution in [0, 0.1) is 13.8 Å². The number of benzene rings is 2. The highest BCUT2D eigenvalue weighted by molar-refractivity contribution is 5.78. The van der Waals surface area contributed by atoms with E-state index in [1.807, 2.05) is 28.8 Å². The zero-order valence-corrected chi connectivity index (χ0v) is 13.9. The minimum Gasteiger partial charge on any atom is -0.481 e. The minimum absolute atomic E-state index is 0.0765. The smallest absolute Gasteiger partial charge is 0.305 e. The molecule has 0 aliphatic carbocycles. The van der Waals surface area contributed by atoms with Crippen molar-refractivity contribution in [2.24, 2.45) is 0 Å². The highest BCUT2D eigenvalue weighted by Crippen LogP contribution is 2.23. The van der Waals surface area contributed by atoms with Gasteiger partial charge >= 0.3 is 5.97 Å². The molecule has 3 aromatic rings. The molecule has 5 heteroatoms. The number of hydrogen-bond donors (Lipinski definition) is 2. The highest BCUT2D eigenvalue weighted by atomic mass is 16.4. The molecule has 0 amide bonds. The van der Waals surface area contributed by atoms with E-state index in [0.717, 1.165) is 28.1 Å². The van der Waals surface area contributed by atoms with E-state index in [2.05, 4.69) is 26.0 Å². The van der Waals surface area contributed by atoms with Crippen LogP contribution in [0.25, 0.3) is 11.0 Å². The molecule has 0 saturated carbocycles. The molecule has 0 unspecified atom stereocenters. The van der Waals surface area contributed by atoms with Crippen LogP contribution in [0.2, 0.25) is 0 Å². The molecule has 0 fully saturated rings. The molecule has 3 rings (SSSR count). The number of fused-ring (bicyclic) bond motifs is 1. The fourth-order valence-electron chi connectivity index (χ4n) is 2.84. The zero-order chi connectivity index (χ0) is 17.3. The molecule has 1 heterocycles. The molecule has 0 aliphatic rings. The number of anilines is 1. The van der Waals surface area contributed by atoms with E-state index in [1.165, 1.54) is 11.1 Å². The zero-order valence-electron chi connectivity index (χ0n) is 13.9. The van der Waals surface area contributed by atoms with E-state index >= 15 is 0 Å². The minimum atomic E-state index is -0.806. The van der Waals surface area contributed by atoms with Crippen molar-refractivity contribution in [1.82, 2.24) is 9.55 Å². The van der Waals surface area contributed by atoms with Crippen molar-refractivity contribution in [3.05, 3.63) is 58.9 Å². The molecule has 2 aromatic carbocycles. The number of carboxylic acid groups (broad SMARTS) is 1. The lowest BCUT2D eigenvalue weighted by Gasteiger charge is -2.09. The van der Waals surface area contributed by atoms with Crippen LogP contribution in [0.1, 0.15) is 28.9 Å². The molecule has 0 atom stereocenters. The number of nitrogens with zero attached hydrogens (tertiary/aromatic N) is 2. The number of aromatic nitrogens is 2. The average molecular weight is 323 g/mol. The first-order chi connectivity index (χ1) is 11.4. The van der Waals surface area contributed by atoms with Crippen LogP contribution in [0.15, 0.2) is 36.4 Å². The standard InChI is InChI=1S/C19H21N3O2/c1-12-9-16-17(10-13(12)2)22(8-7-19(23)24)18(21-16)11-14-3-5-15(20)6-4-14/h3-6,9-10H,7-8,11,20H2,1-2H3,(H,23,24). The Kier molecular flexibility index (Phi) is 4.25. The Morgan fingerprint density at radius 1 is 1.17 bits per heavy atom. The summed E-state index contributed by atoms with van der Waals surface area (Å²) in [5, 5.41) is 9.05. The number of rotatable bonds is 5. The Balaban J connectivity index is 2.05. The third kappa shape index (κ3) is 3.25. The number of nitrogens with two attached hydrogens (primary N) is 1. The monoisotopic (exact) mass is 323 g/mol. The summed E-state index contributed by atoms with van der Waals surface area (Å²) in [6.45, 7) is 4.53. The second-order valence-electron chi connectivity index (χ2n) is 6.17. The third-order valence-electron chi connectivity index (χ3n) is 4.33. The summed E-state index contributed by atoms with van der Waals surface area (Å²) in [6, 6.07) is 11.8. The van der Waals surface area contributed by atoms with Gasteiger partial charge in [0.05, 0.1) is 17.5 Å². The van der Waals surface area contributed by atoms with Crippen LogP contribution in [-0.4, -0.2) is 20.6 Å². The maximum Gasteiger partial charge on any atom is 0.305 e. The summed E-state index contributed by atoms with van der Waals surface area (Å²) in [7, 11) is 0. The molecule has 24 heavy (non-hydrogen) atoms. The van der Waals surface area contributed by atoms with E-state index in [0.29, 0.717) is 13.0 Å². The SMILES string of the molecule is Cc1cc2nc(Cc3ccc(N)cc3)n(CCC(=O)O)c2cc1C. The maximum absolute atomic E-state index is 11.0. The summed E-state index contributed by atoms with van der Waals surface area (Å²) >= 11 is 0. The Labute approximate surface area is 140 Å². The molecular weight excluding hydrogens is 302 g/mol. The van der Waals surface area contributed by atoms with E-state index in [1.54, 1.807) is 0 Å². The normalized spacial score (nSPS) is 11.1. The van der Waals surface area contributed by atoms with Crippen molar-refractivity contribution in [1.29, 1.82) is 0 Å². The predicted octanol–water partition coefficient (Wildman–Crippen LogP) is 3.30. The Morgan fingerprint density at radius 2 is 1.83 bits per heavy atom. The first-order valence-electron chi connectivity index (χ1n) is 7.96. The summed E-state index contributed by atoms with van der Waals surface area (Å²) in [4.78, 5) is 15.8. The van der Waals surface area contributed by atoms with Crippen LogP contribution in [0.4, 0.5) is 5.69 Å². The number of aliphatic carboxylic acids is 1. The topological polar surface area (TPSA) is 81.1 Å². The van der Waals surface area contributed by atoms with E-state index < -0.39 is 5.97 Å². The molecule has 0 spiro atoms. The van der Waals surface area contributed by atoms with Crippen LogP contribution in [0.3, 0.4) is 0 Å². The Bertz CT molecular complexity index is 895. The first-order valence-corrected chi connectivity index (χ1v) is 7.96. The molecule has 5 nitrogen and oxygen atoms in total. The predicted molar refractivity (Wildman–Crippen MR) is 95.1 cm³/mol. The molecule has 124 valence electrons. The van der Waals surface area contributed by atoms with Gasteiger partial charge in [-0.25, -0.2) is 4.98 Å². The maximum atomic E-state index is 11.0. The average Bonchev–Trinajstić information content (AvgIpc) is 2.84. The lowest BCUT2D eigenvalue weighted by molar-refractivity contribution is -0.137. The number of hydrogen-bond acceptors (Lipinski definition) is 3. The van der Waals surface area contributed by atoms with Crippen LogP contribution in [0.5, 0.6) is 0 Å². The Morgan fingerprint density at radius 3 is 2.50 bits per heavy atom. The van der Waals surface area contributed by atoms with E-state index in [-0.39, 0.29) is 6.42 Å². The van der Waals surface area contributed by atoms with Crippen molar-refractivity contribution >= 4 is 22.7 Å². The quantitative estimate of drug-likeness (QED) is 0.706. The van der Waals surface area contributed by atoms with Gasteiger partial charge in [-0.2, -0.15) is 0 Å². The second kappa shape index (κ2) is 6.35. The summed E-state index contributed by atoms with van der Waals surface area (Å²) in [6.07, 6.45) is 0.722. The van der Waals surface area contributed by atoms with Crippen LogP contribution < -0.4 is 5.73 Å². The van der Waals surface area contributed by atoms with Crippen LogP contribution >= 0.6 is 0 Å². The van der Waals surface area contributed by atoms with Gasteiger partial charge in [-0.1, -0.05) is 12.1 Å². The first kappa shape index (κ1) is 16.1. The van der Waals surface area contributed by atoms with Crippen molar-refractivity contribution in [3.63, 3.8) is 0 Å². The second-order valence-corrected chi connectivity index (χ2v) is 6.17. The largest absolute Gasteiger partial charge is 0.481 e. The lowest BCUT2D eigenvalue weighted by Crippen LogP contribution is -2.09. The fraction of sp³-hybridized carbons (Fsp3) is 0.263. The van der Waals surface area contributed by atoms with Gasteiger partial charge in [0.1, 0.15) is 5.82 Å². The number of carbonyl (C=O) groups is 1. The van der Waals surface area contributed by atoms with Gasteiger partial charge in [0.25, 0.3) is 0 Å². The van der Waals surface area contributed by atoms with Gasteiger partial charge in [-0.3, -0.25) is 4.79 Å². The van der Waals surface area contributed by atoms with Gasteiger partial charge < -0.3 is 15.4 Å². The van der Waals surface area contributed by atoms with Gasteiger partial charge in [0.15, 0.2) is 0 Å². The molecule has 0 radical (unpaired) electrons. The molecule has 0 saturated heterocycles. The molecule has 3 N–H and O–H groups in total. The highest BCUT2D eigenvalue weighted by Gasteiger charge is 2.13.